The molecule has 0 amide bonds. The molecule has 0 radical (unpaired) electrons. The number of hydrogen-bond acceptors (Lipinski definition) is 4. The monoisotopic (exact) mass is 277 g/mol. The van der Waals surface area contributed by atoms with E-state index in [-0.39, 0.29) is 10.6 Å². The van der Waals surface area contributed by atoms with Gasteiger partial charge in [0.2, 0.25) is 0 Å². The molecule has 1 aliphatic carbocycles. The first-order valence-corrected chi connectivity index (χ1v) is 7.31. The van der Waals surface area contributed by atoms with Gasteiger partial charge in [0, 0.05) is 26.2 Å². The van der Waals surface area contributed by atoms with Gasteiger partial charge >= 0.3 is 0 Å². The third-order valence-corrected chi connectivity index (χ3v) is 4.12. The minimum absolute atomic E-state index is 0.157. The van der Waals surface area contributed by atoms with Crippen molar-refractivity contribution in [2.24, 2.45) is 5.92 Å². The van der Waals surface area contributed by atoms with E-state index < -0.39 is 0 Å². The summed E-state index contributed by atoms with van der Waals surface area (Å²) in [5.41, 5.74) is 1.74. The van der Waals surface area contributed by atoms with E-state index in [4.69, 9.17) is 0 Å². The molecule has 1 aromatic rings. The topological polar surface area (TPSA) is 58.4 Å². The van der Waals surface area contributed by atoms with Crippen molar-refractivity contribution in [1.29, 1.82) is 0 Å². The average molecular weight is 277 g/mol. The van der Waals surface area contributed by atoms with Crippen LogP contribution in [0.2, 0.25) is 0 Å². The van der Waals surface area contributed by atoms with E-state index in [2.05, 4.69) is 17.1 Å². The summed E-state index contributed by atoms with van der Waals surface area (Å²) in [5.74, 6) is 0.821. The molecule has 0 bridgehead atoms. The molecule has 1 aromatic carbocycles. The lowest BCUT2D eigenvalue weighted by molar-refractivity contribution is -0.384. The molecule has 0 aliphatic heterocycles. The maximum Gasteiger partial charge on any atom is 0.292 e. The Morgan fingerprint density at radius 2 is 2.20 bits per heavy atom. The Kier molecular flexibility index (Phi) is 4.95. The van der Waals surface area contributed by atoms with Crippen molar-refractivity contribution in [3.8, 4) is 0 Å². The molecule has 1 aliphatic rings. The zero-order valence-corrected chi connectivity index (χ0v) is 12.3. The number of benzene rings is 1. The SMILES string of the molecule is CCN(Cc1ccc(NC)c([N+](=O)[O-])c1)CC1CCC1. The van der Waals surface area contributed by atoms with Crippen molar-refractivity contribution in [3.05, 3.63) is 33.9 Å². The first kappa shape index (κ1) is 14.8. The second kappa shape index (κ2) is 6.70. The first-order chi connectivity index (χ1) is 9.63. The Hall–Kier alpha value is -1.62. The Bertz CT molecular complexity index is 472. The van der Waals surface area contributed by atoms with Crippen LogP contribution < -0.4 is 5.32 Å². The van der Waals surface area contributed by atoms with Gasteiger partial charge in [0.25, 0.3) is 5.69 Å². The van der Waals surface area contributed by atoms with Gasteiger partial charge in [-0.05, 0) is 36.9 Å². The molecule has 1 saturated carbocycles. The van der Waals surface area contributed by atoms with Gasteiger partial charge in [-0.1, -0.05) is 19.4 Å². The van der Waals surface area contributed by atoms with Crippen LogP contribution in [-0.4, -0.2) is 30.0 Å². The highest BCUT2D eigenvalue weighted by molar-refractivity contribution is 5.62. The molecule has 5 heteroatoms. The van der Waals surface area contributed by atoms with Crippen LogP contribution in [0, 0.1) is 16.0 Å². The predicted molar refractivity (Wildman–Crippen MR) is 80.9 cm³/mol. The summed E-state index contributed by atoms with van der Waals surface area (Å²) in [6.45, 7) is 5.03. The van der Waals surface area contributed by atoms with E-state index in [0.717, 1.165) is 31.1 Å². The number of anilines is 1. The van der Waals surface area contributed by atoms with Crippen LogP contribution in [0.1, 0.15) is 31.7 Å². The van der Waals surface area contributed by atoms with Crippen molar-refractivity contribution >= 4 is 11.4 Å². The standard InChI is InChI=1S/C15H23N3O2/c1-3-17(10-12-5-4-6-12)11-13-7-8-14(16-2)15(9-13)18(19)20/h7-9,12,16H,3-6,10-11H2,1-2H3. The number of nitro groups is 1. The number of rotatable bonds is 7. The molecule has 110 valence electrons. The quantitative estimate of drug-likeness (QED) is 0.614. The normalized spacial score (nSPS) is 15.2. The summed E-state index contributed by atoms with van der Waals surface area (Å²) in [5, 5.41) is 13.9. The van der Waals surface area contributed by atoms with E-state index in [1.165, 1.54) is 19.3 Å². The third kappa shape index (κ3) is 3.48. The molecule has 2 rings (SSSR count). The van der Waals surface area contributed by atoms with Crippen LogP contribution in [0.5, 0.6) is 0 Å². The van der Waals surface area contributed by atoms with Gasteiger partial charge in [-0.25, -0.2) is 0 Å². The van der Waals surface area contributed by atoms with Gasteiger partial charge in [-0.2, -0.15) is 0 Å². The maximum absolute atomic E-state index is 11.1. The Morgan fingerprint density at radius 3 is 2.70 bits per heavy atom. The fourth-order valence-corrected chi connectivity index (χ4v) is 2.64. The van der Waals surface area contributed by atoms with Crippen molar-refractivity contribution in [2.45, 2.75) is 32.7 Å². The van der Waals surface area contributed by atoms with Crippen molar-refractivity contribution < 1.29 is 4.92 Å². The Labute approximate surface area is 120 Å². The summed E-state index contributed by atoms with van der Waals surface area (Å²) < 4.78 is 0. The molecule has 0 aromatic heterocycles. The number of nitro benzene ring substituents is 1. The Morgan fingerprint density at radius 1 is 1.45 bits per heavy atom. The van der Waals surface area contributed by atoms with E-state index >= 15 is 0 Å². The smallest absolute Gasteiger partial charge is 0.292 e. The molecule has 20 heavy (non-hydrogen) atoms. The van der Waals surface area contributed by atoms with Crippen LogP contribution in [0.4, 0.5) is 11.4 Å². The maximum atomic E-state index is 11.1. The van der Waals surface area contributed by atoms with E-state index in [0.29, 0.717) is 5.69 Å². The highest BCUT2D eigenvalue weighted by Crippen LogP contribution is 2.29. The molecule has 0 spiro atoms. The van der Waals surface area contributed by atoms with Gasteiger partial charge in [0.1, 0.15) is 5.69 Å². The van der Waals surface area contributed by atoms with Crippen LogP contribution in [0.25, 0.3) is 0 Å². The lowest BCUT2D eigenvalue weighted by atomic mass is 9.85. The van der Waals surface area contributed by atoms with Gasteiger partial charge in [0.15, 0.2) is 0 Å². The number of nitrogens with zero attached hydrogens (tertiary/aromatic N) is 2. The van der Waals surface area contributed by atoms with Crippen LogP contribution >= 0.6 is 0 Å². The lowest BCUT2D eigenvalue weighted by Gasteiger charge is -2.31. The lowest BCUT2D eigenvalue weighted by Crippen LogP contribution is -2.32. The molecule has 1 N–H and O–H groups in total. The van der Waals surface area contributed by atoms with E-state index in [1.807, 2.05) is 6.07 Å². The van der Waals surface area contributed by atoms with E-state index in [1.54, 1.807) is 19.2 Å². The molecule has 0 heterocycles. The minimum atomic E-state index is -0.322. The zero-order chi connectivity index (χ0) is 14.5. The minimum Gasteiger partial charge on any atom is -0.383 e. The summed E-state index contributed by atoms with van der Waals surface area (Å²) in [6, 6.07) is 5.46. The predicted octanol–water partition coefficient (Wildman–Crippen LogP) is 3.26. The number of hydrogen-bond donors (Lipinski definition) is 1. The number of nitrogens with one attached hydrogen (secondary N) is 1. The average Bonchev–Trinajstić information content (AvgIpc) is 2.41. The van der Waals surface area contributed by atoms with Gasteiger partial charge < -0.3 is 5.32 Å². The van der Waals surface area contributed by atoms with Crippen molar-refractivity contribution in [3.63, 3.8) is 0 Å². The van der Waals surface area contributed by atoms with Crippen molar-refractivity contribution in [2.75, 3.05) is 25.5 Å². The summed E-state index contributed by atoms with van der Waals surface area (Å²) in [7, 11) is 1.71. The summed E-state index contributed by atoms with van der Waals surface area (Å²) in [4.78, 5) is 13.1. The first-order valence-electron chi connectivity index (χ1n) is 7.31. The molecule has 0 atom stereocenters. The zero-order valence-electron chi connectivity index (χ0n) is 12.3. The molecule has 5 nitrogen and oxygen atoms in total. The van der Waals surface area contributed by atoms with Crippen LogP contribution in [0.3, 0.4) is 0 Å². The summed E-state index contributed by atoms with van der Waals surface area (Å²) >= 11 is 0. The van der Waals surface area contributed by atoms with Gasteiger partial charge in [0.05, 0.1) is 4.92 Å². The van der Waals surface area contributed by atoms with Gasteiger partial charge in [-0.15, -0.1) is 0 Å². The van der Waals surface area contributed by atoms with Crippen molar-refractivity contribution in [1.82, 2.24) is 4.90 Å². The van der Waals surface area contributed by atoms with E-state index in [9.17, 15) is 10.1 Å². The Balaban J connectivity index is 2.07. The molecule has 0 unspecified atom stereocenters. The summed E-state index contributed by atoms with van der Waals surface area (Å²) in [6.07, 6.45) is 4.01. The second-order valence-corrected chi connectivity index (χ2v) is 5.48. The molecular weight excluding hydrogens is 254 g/mol. The second-order valence-electron chi connectivity index (χ2n) is 5.48. The third-order valence-electron chi connectivity index (χ3n) is 4.12. The fraction of sp³-hybridized carbons (Fsp3) is 0.600. The largest absolute Gasteiger partial charge is 0.383 e. The highest BCUT2D eigenvalue weighted by atomic mass is 16.6. The van der Waals surface area contributed by atoms with Crippen LogP contribution in [-0.2, 0) is 6.54 Å². The van der Waals surface area contributed by atoms with Crippen LogP contribution in [0.15, 0.2) is 18.2 Å². The molecule has 0 saturated heterocycles. The molecule has 1 fully saturated rings. The highest BCUT2D eigenvalue weighted by Gasteiger charge is 2.21. The molecular formula is C15H23N3O2. The fourth-order valence-electron chi connectivity index (χ4n) is 2.64. The van der Waals surface area contributed by atoms with Gasteiger partial charge in [-0.3, -0.25) is 15.0 Å².